The number of hydrogen-bond donors (Lipinski definition) is 1. The van der Waals surface area contributed by atoms with E-state index in [-0.39, 0.29) is 17.7 Å². The number of amides is 1. The van der Waals surface area contributed by atoms with Gasteiger partial charge in [0, 0.05) is 24.1 Å². The Hall–Kier alpha value is -2.54. The molecule has 0 unspecified atom stereocenters. The summed E-state index contributed by atoms with van der Waals surface area (Å²) in [5.74, 6) is 0.724. The van der Waals surface area contributed by atoms with Crippen LogP contribution in [0.1, 0.15) is 60.6 Å². The van der Waals surface area contributed by atoms with Crippen LogP contribution in [0.3, 0.4) is 0 Å². The van der Waals surface area contributed by atoms with Gasteiger partial charge in [0.25, 0.3) is 5.91 Å². The third kappa shape index (κ3) is 4.17. The zero-order valence-corrected chi connectivity index (χ0v) is 18.5. The van der Waals surface area contributed by atoms with Gasteiger partial charge < -0.3 is 10.1 Å². The van der Waals surface area contributed by atoms with E-state index in [1.165, 1.54) is 4.31 Å². The minimum atomic E-state index is -3.32. The Balaban J connectivity index is 1.59. The maximum atomic E-state index is 13.1. The Morgan fingerprint density at radius 2 is 1.97 bits per heavy atom. The fourth-order valence-electron chi connectivity index (χ4n) is 4.21. The number of sulfonamides is 1. The molecule has 1 saturated heterocycles. The van der Waals surface area contributed by atoms with E-state index in [0.717, 1.165) is 23.3 Å². The van der Waals surface area contributed by atoms with Crippen LogP contribution in [-0.4, -0.2) is 32.2 Å². The first-order valence-electron chi connectivity index (χ1n) is 10.4. The zero-order chi connectivity index (χ0) is 21.5. The molecular weight excluding hydrogens is 400 g/mol. The number of carbonyl (C=O) groups is 1. The lowest BCUT2D eigenvalue weighted by molar-refractivity contribution is 0.0619. The minimum Gasteiger partial charge on any atom is -0.487 e. The van der Waals surface area contributed by atoms with Crippen LogP contribution in [0.25, 0.3) is 0 Å². The van der Waals surface area contributed by atoms with Gasteiger partial charge in [0.05, 0.1) is 17.5 Å². The van der Waals surface area contributed by atoms with Crippen LogP contribution in [0, 0.1) is 6.92 Å². The molecule has 2 aromatic carbocycles. The van der Waals surface area contributed by atoms with E-state index < -0.39 is 15.6 Å². The van der Waals surface area contributed by atoms with Crippen LogP contribution in [0.5, 0.6) is 5.75 Å². The second-order valence-electron chi connectivity index (χ2n) is 8.78. The molecule has 2 heterocycles. The molecule has 1 amide bonds. The summed E-state index contributed by atoms with van der Waals surface area (Å²) >= 11 is 0. The van der Waals surface area contributed by atoms with Gasteiger partial charge in [-0.25, -0.2) is 8.42 Å². The molecule has 6 nitrogen and oxygen atoms in total. The third-order valence-corrected chi connectivity index (χ3v) is 7.55. The smallest absolute Gasteiger partial charge is 0.251 e. The van der Waals surface area contributed by atoms with Crippen molar-refractivity contribution >= 4 is 21.6 Å². The van der Waals surface area contributed by atoms with Crippen LogP contribution in [0.2, 0.25) is 0 Å². The molecule has 4 rings (SSSR count). The molecule has 0 aromatic heterocycles. The van der Waals surface area contributed by atoms with Gasteiger partial charge in [-0.15, -0.1) is 0 Å². The molecule has 30 heavy (non-hydrogen) atoms. The van der Waals surface area contributed by atoms with Gasteiger partial charge in [0.15, 0.2) is 0 Å². The van der Waals surface area contributed by atoms with Crippen LogP contribution >= 0.6 is 0 Å². The second kappa shape index (κ2) is 7.61. The highest BCUT2D eigenvalue weighted by Gasteiger charge is 2.35. The third-order valence-electron chi connectivity index (χ3n) is 5.68. The lowest BCUT2D eigenvalue weighted by Crippen LogP contribution is -2.41. The maximum Gasteiger partial charge on any atom is 0.251 e. The molecule has 0 saturated carbocycles. The average molecular weight is 429 g/mol. The van der Waals surface area contributed by atoms with Crippen molar-refractivity contribution in [2.75, 3.05) is 16.6 Å². The van der Waals surface area contributed by atoms with E-state index >= 15 is 0 Å². The van der Waals surface area contributed by atoms with E-state index in [1.54, 1.807) is 24.3 Å². The number of hydrogen-bond acceptors (Lipinski definition) is 4. The Morgan fingerprint density at radius 3 is 2.73 bits per heavy atom. The molecule has 0 spiro atoms. The number of aryl methyl sites for hydroxylation is 1. The van der Waals surface area contributed by atoms with E-state index in [9.17, 15) is 13.2 Å². The number of carbonyl (C=O) groups excluding carboxylic acids is 1. The molecule has 7 heteroatoms. The summed E-state index contributed by atoms with van der Waals surface area (Å²) in [5, 5.41) is 3.13. The van der Waals surface area contributed by atoms with Crippen LogP contribution in [0.15, 0.2) is 42.5 Å². The molecule has 1 N–H and O–H groups in total. The average Bonchev–Trinajstić information content (AvgIpc) is 2.66. The van der Waals surface area contributed by atoms with Crippen molar-refractivity contribution in [3.05, 3.63) is 59.2 Å². The summed E-state index contributed by atoms with van der Waals surface area (Å²) in [4.78, 5) is 13.1. The van der Waals surface area contributed by atoms with Crippen molar-refractivity contribution in [1.29, 1.82) is 0 Å². The van der Waals surface area contributed by atoms with E-state index in [1.807, 2.05) is 39.0 Å². The molecular formula is C23H28N2O4S. The van der Waals surface area contributed by atoms with Gasteiger partial charge in [0.2, 0.25) is 10.0 Å². The fourth-order valence-corrected chi connectivity index (χ4v) is 5.84. The van der Waals surface area contributed by atoms with Gasteiger partial charge in [-0.3, -0.25) is 9.10 Å². The number of fused-ring (bicyclic) bond motifs is 1. The van der Waals surface area contributed by atoms with Crippen molar-refractivity contribution in [3.8, 4) is 5.75 Å². The summed E-state index contributed by atoms with van der Waals surface area (Å²) in [6.45, 7) is 6.49. The van der Waals surface area contributed by atoms with Crippen LogP contribution in [0.4, 0.5) is 5.69 Å². The van der Waals surface area contributed by atoms with Gasteiger partial charge in [-0.2, -0.15) is 0 Å². The van der Waals surface area contributed by atoms with Crippen molar-refractivity contribution < 1.29 is 17.9 Å². The maximum absolute atomic E-state index is 13.1. The molecule has 0 radical (unpaired) electrons. The Kier molecular flexibility index (Phi) is 5.26. The van der Waals surface area contributed by atoms with Gasteiger partial charge in [-0.05, 0) is 63.4 Å². The van der Waals surface area contributed by atoms with Gasteiger partial charge in [0.1, 0.15) is 11.4 Å². The number of benzene rings is 2. The monoisotopic (exact) mass is 428 g/mol. The zero-order valence-electron chi connectivity index (χ0n) is 17.6. The molecule has 160 valence electrons. The summed E-state index contributed by atoms with van der Waals surface area (Å²) in [6.07, 6.45) is 2.15. The van der Waals surface area contributed by atoms with Crippen molar-refractivity contribution in [1.82, 2.24) is 5.32 Å². The van der Waals surface area contributed by atoms with Crippen molar-refractivity contribution in [3.63, 3.8) is 0 Å². The first-order valence-corrected chi connectivity index (χ1v) is 12.0. The van der Waals surface area contributed by atoms with Crippen LogP contribution in [-0.2, 0) is 10.0 Å². The molecule has 0 aliphatic carbocycles. The van der Waals surface area contributed by atoms with E-state index in [4.69, 9.17) is 4.74 Å². The number of rotatable bonds is 3. The highest BCUT2D eigenvalue weighted by molar-refractivity contribution is 7.92. The topological polar surface area (TPSA) is 75.7 Å². The Labute approximate surface area is 178 Å². The van der Waals surface area contributed by atoms with Gasteiger partial charge >= 0.3 is 0 Å². The predicted molar refractivity (Wildman–Crippen MR) is 118 cm³/mol. The summed E-state index contributed by atoms with van der Waals surface area (Å²) in [7, 11) is -3.32. The van der Waals surface area contributed by atoms with E-state index in [2.05, 4.69) is 5.32 Å². The first kappa shape index (κ1) is 20.7. The second-order valence-corrected chi connectivity index (χ2v) is 10.8. The predicted octanol–water partition coefficient (Wildman–Crippen LogP) is 3.96. The van der Waals surface area contributed by atoms with Crippen molar-refractivity contribution in [2.45, 2.75) is 51.7 Å². The van der Waals surface area contributed by atoms with Crippen molar-refractivity contribution in [2.24, 2.45) is 0 Å². The molecule has 2 aliphatic rings. The number of nitrogens with one attached hydrogen (secondary N) is 1. The molecule has 1 atom stereocenters. The summed E-state index contributed by atoms with van der Waals surface area (Å²) < 4.78 is 32.4. The fraction of sp³-hybridized carbons (Fsp3) is 0.435. The highest BCUT2D eigenvalue weighted by atomic mass is 32.2. The lowest BCUT2D eigenvalue weighted by Gasteiger charge is -2.38. The molecule has 0 bridgehead atoms. The molecule has 2 aliphatic heterocycles. The SMILES string of the molecule is Cc1ccc2c(c1)OC(C)(C)C[C@H]2NC(=O)c1cccc(N2CCCCS2(=O)=O)c1. The summed E-state index contributed by atoms with van der Waals surface area (Å²) in [5.41, 5.74) is 2.66. The normalized spacial score (nSPS) is 22.0. The molecule has 1 fully saturated rings. The largest absolute Gasteiger partial charge is 0.487 e. The highest BCUT2D eigenvalue weighted by Crippen LogP contribution is 2.40. The Bertz CT molecular complexity index is 1080. The van der Waals surface area contributed by atoms with Crippen LogP contribution < -0.4 is 14.4 Å². The summed E-state index contributed by atoms with van der Waals surface area (Å²) in [6, 6.07) is 12.7. The number of nitrogens with zero attached hydrogens (tertiary/aromatic N) is 1. The Morgan fingerprint density at radius 1 is 1.17 bits per heavy atom. The van der Waals surface area contributed by atoms with Gasteiger partial charge in [-0.1, -0.05) is 18.2 Å². The lowest BCUT2D eigenvalue weighted by atomic mass is 9.89. The molecule has 2 aromatic rings. The quantitative estimate of drug-likeness (QED) is 0.803. The standard InChI is InChI=1S/C23H28N2O4S/c1-16-9-10-19-20(15-23(2,3)29-21(19)13-16)24-22(26)17-7-6-8-18(14-17)25-11-4-5-12-30(25,27)28/h6-10,13-14,20H,4-5,11-12,15H2,1-3H3,(H,24,26)/t20-/m1/s1. The first-order chi connectivity index (χ1) is 14.1. The minimum absolute atomic E-state index is 0.150. The number of ether oxygens (including phenoxy) is 1. The number of anilines is 1. The van der Waals surface area contributed by atoms with E-state index in [0.29, 0.717) is 30.6 Å².